The Morgan fingerprint density at radius 2 is 1.78 bits per heavy atom. The van der Waals surface area contributed by atoms with E-state index in [0.717, 1.165) is 12.1 Å². The summed E-state index contributed by atoms with van der Waals surface area (Å²) in [5, 5.41) is 20.0. The molecule has 2 N–H and O–H groups in total. The fraction of sp³-hybridized carbons (Fsp3) is 0.600. The summed E-state index contributed by atoms with van der Waals surface area (Å²) in [6.45, 7) is 6.96. The van der Waals surface area contributed by atoms with E-state index in [0.29, 0.717) is 6.54 Å². The summed E-state index contributed by atoms with van der Waals surface area (Å²) in [6.07, 6.45) is -0.463. The van der Waals surface area contributed by atoms with Gasteiger partial charge in [-0.05, 0) is 32.4 Å². The topological polar surface area (TPSA) is 43.7 Å². The fourth-order valence-electron chi connectivity index (χ4n) is 2.30. The molecule has 1 aromatic rings. The summed E-state index contributed by atoms with van der Waals surface area (Å²) in [5.74, 6) is 0.125. The highest BCUT2D eigenvalue weighted by atomic mass is 16.3. The molecular weight excluding hydrogens is 226 g/mol. The van der Waals surface area contributed by atoms with Crippen molar-refractivity contribution < 1.29 is 10.2 Å². The highest BCUT2D eigenvalue weighted by molar-refractivity contribution is 5.17. The van der Waals surface area contributed by atoms with Crippen molar-refractivity contribution in [3.63, 3.8) is 0 Å². The molecule has 0 heterocycles. The van der Waals surface area contributed by atoms with Gasteiger partial charge in [0.1, 0.15) is 0 Å². The second-order valence-corrected chi connectivity index (χ2v) is 5.84. The molecule has 0 spiro atoms. The van der Waals surface area contributed by atoms with Gasteiger partial charge in [-0.15, -0.1) is 0 Å². The van der Waals surface area contributed by atoms with Crippen LogP contribution in [0.5, 0.6) is 0 Å². The predicted octanol–water partition coefficient (Wildman–Crippen LogP) is 2.06. The minimum absolute atomic E-state index is 0.125. The second kappa shape index (κ2) is 6.32. The van der Waals surface area contributed by atoms with Crippen molar-refractivity contribution in [3.05, 3.63) is 35.9 Å². The van der Waals surface area contributed by atoms with Crippen molar-refractivity contribution >= 4 is 0 Å². The average molecular weight is 251 g/mol. The van der Waals surface area contributed by atoms with E-state index in [9.17, 15) is 10.2 Å². The van der Waals surface area contributed by atoms with Gasteiger partial charge in [-0.2, -0.15) is 0 Å². The van der Waals surface area contributed by atoms with Crippen LogP contribution in [0, 0.1) is 5.92 Å². The zero-order chi connectivity index (χ0) is 13.8. The third-order valence-electron chi connectivity index (χ3n) is 2.94. The van der Waals surface area contributed by atoms with Crippen LogP contribution in [0.15, 0.2) is 30.3 Å². The van der Waals surface area contributed by atoms with Crippen molar-refractivity contribution in [2.75, 3.05) is 20.1 Å². The van der Waals surface area contributed by atoms with Crippen molar-refractivity contribution in [3.8, 4) is 0 Å². The molecule has 3 heteroatoms. The van der Waals surface area contributed by atoms with Crippen LogP contribution in [0.2, 0.25) is 0 Å². The Hall–Kier alpha value is -0.900. The molecule has 0 fully saturated rings. The molecule has 0 bridgehead atoms. The monoisotopic (exact) mass is 251 g/mol. The van der Waals surface area contributed by atoms with Crippen LogP contribution in [0.4, 0.5) is 0 Å². The third kappa shape index (κ3) is 5.17. The first-order valence-electron chi connectivity index (χ1n) is 6.43. The number of hydrogen-bond acceptors (Lipinski definition) is 3. The number of aliphatic hydroxyl groups is 2. The van der Waals surface area contributed by atoms with Crippen LogP contribution in [0.1, 0.15) is 32.4 Å². The Morgan fingerprint density at radius 3 is 2.28 bits per heavy atom. The lowest BCUT2D eigenvalue weighted by atomic mass is 9.96. The molecule has 0 amide bonds. The molecule has 0 saturated carbocycles. The van der Waals surface area contributed by atoms with Crippen LogP contribution in [-0.4, -0.2) is 40.9 Å². The van der Waals surface area contributed by atoms with Gasteiger partial charge in [0, 0.05) is 13.1 Å². The standard InChI is InChI=1S/C15H25NO2/c1-12(10-16(4)11-15(2,3)18)14(17)13-8-6-5-7-9-13/h5-9,12,14,17-18H,10-11H2,1-4H3. The number of nitrogens with zero attached hydrogens (tertiary/aromatic N) is 1. The molecule has 0 aliphatic rings. The minimum atomic E-state index is -0.702. The maximum absolute atomic E-state index is 10.2. The van der Waals surface area contributed by atoms with Crippen LogP contribution in [0.3, 0.4) is 0 Å². The van der Waals surface area contributed by atoms with Gasteiger partial charge >= 0.3 is 0 Å². The molecule has 1 rings (SSSR count). The van der Waals surface area contributed by atoms with Gasteiger partial charge < -0.3 is 15.1 Å². The normalized spacial score (nSPS) is 15.7. The molecule has 1 aromatic carbocycles. The lowest BCUT2D eigenvalue weighted by Crippen LogP contribution is -2.39. The largest absolute Gasteiger partial charge is 0.389 e. The number of rotatable bonds is 6. The van der Waals surface area contributed by atoms with E-state index < -0.39 is 11.7 Å². The van der Waals surface area contributed by atoms with Crippen LogP contribution in [-0.2, 0) is 0 Å². The highest BCUT2D eigenvalue weighted by Crippen LogP contribution is 2.22. The Kier molecular flexibility index (Phi) is 5.32. The molecule has 0 aromatic heterocycles. The third-order valence-corrected chi connectivity index (χ3v) is 2.94. The SMILES string of the molecule is CC(CN(C)CC(C)(C)O)C(O)c1ccccc1. The first kappa shape index (κ1) is 15.2. The Bertz CT molecular complexity index is 345. The molecule has 2 unspecified atom stereocenters. The van der Waals surface area contributed by atoms with E-state index in [1.807, 2.05) is 44.3 Å². The van der Waals surface area contributed by atoms with Gasteiger partial charge in [-0.25, -0.2) is 0 Å². The van der Waals surface area contributed by atoms with E-state index in [1.165, 1.54) is 0 Å². The Balaban J connectivity index is 2.52. The van der Waals surface area contributed by atoms with E-state index >= 15 is 0 Å². The minimum Gasteiger partial charge on any atom is -0.389 e. The number of hydrogen-bond donors (Lipinski definition) is 2. The molecule has 0 aliphatic heterocycles. The van der Waals surface area contributed by atoms with E-state index in [4.69, 9.17) is 0 Å². The number of benzene rings is 1. The van der Waals surface area contributed by atoms with Crippen LogP contribution < -0.4 is 0 Å². The number of aliphatic hydroxyl groups excluding tert-OH is 1. The summed E-state index contributed by atoms with van der Waals surface area (Å²) in [6, 6.07) is 9.70. The smallest absolute Gasteiger partial charge is 0.0827 e. The van der Waals surface area contributed by atoms with Crippen molar-refractivity contribution in [1.82, 2.24) is 4.90 Å². The van der Waals surface area contributed by atoms with Crippen LogP contribution in [0.25, 0.3) is 0 Å². The molecule has 0 aliphatic carbocycles. The molecule has 0 radical (unpaired) electrons. The number of likely N-dealkylation sites (N-methyl/N-ethyl adjacent to an activating group) is 1. The molecule has 3 nitrogen and oxygen atoms in total. The first-order valence-corrected chi connectivity index (χ1v) is 6.43. The highest BCUT2D eigenvalue weighted by Gasteiger charge is 2.21. The van der Waals surface area contributed by atoms with Crippen LogP contribution >= 0.6 is 0 Å². The van der Waals surface area contributed by atoms with E-state index in [1.54, 1.807) is 13.8 Å². The maximum atomic E-state index is 10.2. The molecular formula is C15H25NO2. The second-order valence-electron chi connectivity index (χ2n) is 5.84. The van der Waals surface area contributed by atoms with Gasteiger partial charge in [0.15, 0.2) is 0 Å². The summed E-state index contributed by atoms with van der Waals surface area (Å²) in [4.78, 5) is 2.05. The van der Waals surface area contributed by atoms with Crippen molar-refractivity contribution in [2.24, 2.45) is 5.92 Å². The van der Waals surface area contributed by atoms with Gasteiger partial charge in [-0.3, -0.25) is 0 Å². The van der Waals surface area contributed by atoms with E-state index in [-0.39, 0.29) is 5.92 Å². The van der Waals surface area contributed by atoms with E-state index in [2.05, 4.69) is 4.90 Å². The lowest BCUT2D eigenvalue weighted by molar-refractivity contribution is 0.0280. The Labute approximate surface area is 110 Å². The zero-order valence-electron chi connectivity index (χ0n) is 11.8. The van der Waals surface area contributed by atoms with Gasteiger partial charge in [0.2, 0.25) is 0 Å². The van der Waals surface area contributed by atoms with Gasteiger partial charge in [0.25, 0.3) is 0 Å². The maximum Gasteiger partial charge on any atom is 0.0827 e. The van der Waals surface area contributed by atoms with Crippen molar-refractivity contribution in [2.45, 2.75) is 32.5 Å². The summed E-state index contributed by atoms with van der Waals surface area (Å²) in [7, 11) is 1.96. The quantitative estimate of drug-likeness (QED) is 0.813. The molecule has 2 atom stereocenters. The fourth-order valence-corrected chi connectivity index (χ4v) is 2.30. The van der Waals surface area contributed by atoms with Crippen molar-refractivity contribution in [1.29, 1.82) is 0 Å². The first-order chi connectivity index (χ1) is 8.29. The molecule has 0 saturated heterocycles. The molecule has 18 heavy (non-hydrogen) atoms. The average Bonchev–Trinajstić information content (AvgIpc) is 2.26. The van der Waals surface area contributed by atoms with Gasteiger partial charge in [0.05, 0.1) is 11.7 Å². The summed E-state index contributed by atoms with van der Waals surface area (Å²) >= 11 is 0. The summed E-state index contributed by atoms with van der Waals surface area (Å²) in [5.41, 5.74) is 0.244. The summed E-state index contributed by atoms with van der Waals surface area (Å²) < 4.78 is 0. The lowest BCUT2D eigenvalue weighted by Gasteiger charge is -2.29. The zero-order valence-corrected chi connectivity index (χ0v) is 11.8. The Morgan fingerprint density at radius 1 is 1.22 bits per heavy atom. The predicted molar refractivity (Wildman–Crippen MR) is 74.4 cm³/mol. The van der Waals surface area contributed by atoms with Gasteiger partial charge in [-0.1, -0.05) is 37.3 Å². The molecule has 102 valence electrons.